The number of H-pyrrole nitrogens is 2. The van der Waals surface area contributed by atoms with Crippen LogP contribution < -0.4 is 5.32 Å². The maximum absolute atomic E-state index is 12.1. The van der Waals surface area contributed by atoms with Crippen molar-refractivity contribution in [1.29, 1.82) is 0 Å². The average Bonchev–Trinajstić information content (AvgIpc) is 3.36. The molecule has 0 saturated heterocycles. The smallest absolute Gasteiger partial charge is 0.357 e. The number of hydrogen-bond acceptors (Lipinski definition) is 6. The molecule has 0 fully saturated rings. The van der Waals surface area contributed by atoms with Gasteiger partial charge >= 0.3 is 5.97 Å². The number of fused-ring (bicyclic) bond motifs is 1. The number of halogens is 1. The molecule has 0 spiro atoms. The second-order valence-electron chi connectivity index (χ2n) is 6.46. The molecular formula is C21H20ClN5O2S. The third-order valence-electron chi connectivity index (χ3n) is 4.55. The number of thioether (sulfide) groups is 1. The van der Waals surface area contributed by atoms with Crippen molar-refractivity contribution in [3.63, 3.8) is 0 Å². The van der Waals surface area contributed by atoms with Crippen LogP contribution in [0.2, 0.25) is 5.02 Å². The van der Waals surface area contributed by atoms with E-state index in [1.165, 1.54) is 11.8 Å². The van der Waals surface area contributed by atoms with E-state index in [0.29, 0.717) is 40.5 Å². The van der Waals surface area contributed by atoms with E-state index in [1.807, 2.05) is 48.7 Å². The van der Waals surface area contributed by atoms with E-state index in [9.17, 15) is 4.79 Å². The fourth-order valence-electron chi connectivity index (χ4n) is 3.16. The first-order valence-corrected chi connectivity index (χ1v) is 11.0. The first-order valence-electron chi connectivity index (χ1n) is 9.37. The van der Waals surface area contributed by atoms with Gasteiger partial charge in [0.05, 0.1) is 23.7 Å². The molecule has 0 aliphatic carbocycles. The molecule has 0 unspecified atom stereocenters. The fourth-order valence-corrected chi connectivity index (χ4v) is 3.97. The summed E-state index contributed by atoms with van der Waals surface area (Å²) in [4.78, 5) is 19.6. The highest BCUT2D eigenvalue weighted by atomic mass is 35.5. The number of benzene rings is 2. The lowest BCUT2D eigenvalue weighted by molar-refractivity contribution is 0.0515. The number of rotatable bonds is 7. The maximum atomic E-state index is 12.1. The van der Waals surface area contributed by atoms with Crippen molar-refractivity contribution in [2.75, 3.05) is 18.2 Å². The summed E-state index contributed by atoms with van der Waals surface area (Å²) in [5.41, 5.74) is 3.16. The van der Waals surface area contributed by atoms with Crippen LogP contribution in [-0.4, -0.2) is 39.0 Å². The van der Waals surface area contributed by atoms with Gasteiger partial charge in [-0.25, -0.2) is 9.78 Å². The summed E-state index contributed by atoms with van der Waals surface area (Å²) in [5.74, 6) is 0.891. The molecule has 2 aromatic heterocycles. The molecule has 0 aliphatic rings. The zero-order chi connectivity index (χ0) is 21.1. The van der Waals surface area contributed by atoms with Crippen LogP contribution in [0.1, 0.15) is 23.2 Å². The van der Waals surface area contributed by atoms with E-state index in [2.05, 4.69) is 25.5 Å². The highest BCUT2D eigenvalue weighted by Gasteiger charge is 2.18. The summed E-state index contributed by atoms with van der Waals surface area (Å²) >= 11 is 7.87. The minimum Gasteiger partial charge on any atom is -0.461 e. The van der Waals surface area contributed by atoms with Gasteiger partial charge in [0.15, 0.2) is 11.5 Å². The third kappa shape index (κ3) is 4.01. The van der Waals surface area contributed by atoms with Crippen molar-refractivity contribution in [3.8, 4) is 11.1 Å². The molecule has 154 valence electrons. The number of hydrogen-bond donors (Lipinski definition) is 3. The Morgan fingerprint density at radius 3 is 2.80 bits per heavy atom. The maximum Gasteiger partial charge on any atom is 0.357 e. The molecule has 7 nitrogen and oxygen atoms in total. The van der Waals surface area contributed by atoms with E-state index in [0.717, 1.165) is 22.0 Å². The van der Waals surface area contributed by atoms with Crippen LogP contribution in [0.3, 0.4) is 0 Å². The van der Waals surface area contributed by atoms with Gasteiger partial charge in [0.2, 0.25) is 0 Å². The molecule has 0 saturated carbocycles. The first-order chi connectivity index (χ1) is 14.6. The Morgan fingerprint density at radius 2 is 2.07 bits per heavy atom. The van der Waals surface area contributed by atoms with Crippen molar-refractivity contribution in [2.24, 2.45) is 0 Å². The lowest BCUT2D eigenvalue weighted by atomic mass is 10.0. The number of carbonyl (C=O) groups is 1. The van der Waals surface area contributed by atoms with Gasteiger partial charge in [-0.15, -0.1) is 11.8 Å². The lowest BCUT2D eigenvalue weighted by Gasteiger charge is -2.06. The summed E-state index contributed by atoms with van der Waals surface area (Å²) in [6.45, 7) is 2.45. The molecule has 2 aromatic carbocycles. The Bertz CT molecular complexity index is 1190. The van der Waals surface area contributed by atoms with Gasteiger partial charge in [-0.3, -0.25) is 5.10 Å². The Balaban J connectivity index is 1.60. The lowest BCUT2D eigenvalue weighted by Crippen LogP contribution is -2.07. The van der Waals surface area contributed by atoms with Crippen molar-refractivity contribution >= 4 is 46.1 Å². The number of nitrogens with one attached hydrogen (secondary N) is 3. The number of esters is 1. The average molecular weight is 442 g/mol. The standard InChI is InChI=1S/C21H20ClN5O2S/c1-3-29-21(28)18-20(30-2)25-17(24-18)11-23-19-14-9-13(12-7-5-4-6-8-12)15(22)10-16(14)26-27-19/h4-10H,3,11H2,1-2H3,(H,24,25)(H2,23,26,27). The number of aromatic amines is 2. The van der Waals surface area contributed by atoms with Crippen LogP contribution >= 0.6 is 23.4 Å². The summed E-state index contributed by atoms with van der Waals surface area (Å²) in [5, 5.41) is 12.8. The van der Waals surface area contributed by atoms with Gasteiger partial charge in [0, 0.05) is 10.9 Å². The molecule has 9 heteroatoms. The van der Waals surface area contributed by atoms with Crippen LogP contribution in [0.15, 0.2) is 47.5 Å². The van der Waals surface area contributed by atoms with Crippen molar-refractivity contribution in [3.05, 3.63) is 59.0 Å². The van der Waals surface area contributed by atoms with Gasteiger partial charge in [-0.2, -0.15) is 5.10 Å². The number of imidazole rings is 1. The Hall–Kier alpha value is -2.97. The molecule has 30 heavy (non-hydrogen) atoms. The van der Waals surface area contributed by atoms with Crippen LogP contribution in [0.25, 0.3) is 22.0 Å². The highest BCUT2D eigenvalue weighted by Crippen LogP contribution is 2.34. The molecule has 2 heterocycles. The van der Waals surface area contributed by atoms with Crippen LogP contribution in [-0.2, 0) is 11.3 Å². The number of aromatic nitrogens is 4. The Labute approximate surface area is 182 Å². The normalized spacial score (nSPS) is 11.0. The third-order valence-corrected chi connectivity index (χ3v) is 5.55. The van der Waals surface area contributed by atoms with E-state index in [1.54, 1.807) is 6.92 Å². The van der Waals surface area contributed by atoms with E-state index < -0.39 is 5.97 Å². The number of carbonyl (C=O) groups excluding carboxylic acids is 1. The molecule has 0 aliphatic heterocycles. The second kappa shape index (κ2) is 8.81. The molecule has 0 atom stereocenters. The molecule has 4 rings (SSSR count). The minimum absolute atomic E-state index is 0.310. The Morgan fingerprint density at radius 1 is 1.27 bits per heavy atom. The molecule has 0 radical (unpaired) electrons. The molecule has 3 N–H and O–H groups in total. The monoisotopic (exact) mass is 441 g/mol. The summed E-state index contributed by atoms with van der Waals surface area (Å²) in [7, 11) is 0. The predicted molar refractivity (Wildman–Crippen MR) is 120 cm³/mol. The van der Waals surface area contributed by atoms with Crippen LogP contribution in [0.5, 0.6) is 0 Å². The van der Waals surface area contributed by atoms with Crippen LogP contribution in [0.4, 0.5) is 5.82 Å². The SMILES string of the molecule is CCOC(=O)c1[nH]c(CNc2n[nH]c3cc(Cl)c(-c4ccccc4)cc23)nc1SC. The first kappa shape index (κ1) is 20.3. The molecule has 0 amide bonds. The Kier molecular flexibility index (Phi) is 5.96. The second-order valence-corrected chi connectivity index (χ2v) is 7.66. The molecule has 0 bridgehead atoms. The molecular weight excluding hydrogens is 422 g/mol. The van der Waals surface area contributed by atoms with Crippen molar-refractivity contribution in [2.45, 2.75) is 18.5 Å². The van der Waals surface area contributed by atoms with E-state index >= 15 is 0 Å². The quantitative estimate of drug-likeness (QED) is 0.272. The summed E-state index contributed by atoms with van der Waals surface area (Å²) in [6, 6.07) is 13.8. The highest BCUT2D eigenvalue weighted by molar-refractivity contribution is 7.98. The number of nitrogens with zero attached hydrogens (tertiary/aromatic N) is 2. The van der Waals surface area contributed by atoms with Gasteiger partial charge in [0.25, 0.3) is 0 Å². The number of anilines is 1. The zero-order valence-corrected chi connectivity index (χ0v) is 18.0. The minimum atomic E-state index is -0.409. The van der Waals surface area contributed by atoms with Crippen LogP contribution in [0, 0.1) is 0 Å². The van der Waals surface area contributed by atoms with Crippen molar-refractivity contribution < 1.29 is 9.53 Å². The predicted octanol–water partition coefficient (Wildman–Crippen LogP) is 5.12. The summed E-state index contributed by atoms with van der Waals surface area (Å²) in [6.07, 6.45) is 1.87. The van der Waals surface area contributed by atoms with Gasteiger partial charge < -0.3 is 15.0 Å². The zero-order valence-electron chi connectivity index (χ0n) is 16.5. The molecule has 4 aromatic rings. The van der Waals surface area contributed by atoms with E-state index in [4.69, 9.17) is 16.3 Å². The summed E-state index contributed by atoms with van der Waals surface area (Å²) < 4.78 is 5.08. The van der Waals surface area contributed by atoms with E-state index in [-0.39, 0.29) is 0 Å². The topological polar surface area (TPSA) is 95.7 Å². The largest absolute Gasteiger partial charge is 0.461 e. The van der Waals surface area contributed by atoms with Gasteiger partial charge in [-0.05, 0) is 30.9 Å². The van der Waals surface area contributed by atoms with Crippen molar-refractivity contribution in [1.82, 2.24) is 20.2 Å². The number of ether oxygens (including phenoxy) is 1. The fraction of sp³-hybridized carbons (Fsp3) is 0.190. The van der Waals surface area contributed by atoms with Gasteiger partial charge in [-0.1, -0.05) is 41.9 Å². The van der Waals surface area contributed by atoms with Gasteiger partial charge in [0.1, 0.15) is 10.9 Å².